The number of tetrazole rings is 1. The molecule has 4 rings (SSSR count). The Kier molecular flexibility index (Phi) is 4.69. The number of hydrogen-bond donors (Lipinski definition) is 0. The van der Waals surface area contributed by atoms with Gasteiger partial charge in [0.15, 0.2) is 0 Å². The molecule has 0 spiro atoms. The minimum Gasteiger partial charge on any atom is -0.274 e. The molecule has 0 radical (unpaired) electrons. The average molecular weight is 362 g/mol. The maximum Gasteiger partial charge on any atom is 0.261 e. The van der Waals surface area contributed by atoms with E-state index in [1.165, 1.54) is 4.90 Å². The van der Waals surface area contributed by atoms with Crippen molar-refractivity contribution >= 4 is 11.8 Å². The predicted molar refractivity (Wildman–Crippen MR) is 96.7 cm³/mol. The Bertz CT molecular complexity index is 934. The zero-order valence-corrected chi connectivity index (χ0v) is 14.7. The second-order valence-corrected chi connectivity index (χ2v) is 6.31. The molecule has 0 fully saturated rings. The summed E-state index contributed by atoms with van der Waals surface area (Å²) in [6.07, 6.45) is 5.83. The summed E-state index contributed by atoms with van der Waals surface area (Å²) in [5.41, 5.74) is 1.87. The Balaban J connectivity index is 1.24. The van der Waals surface area contributed by atoms with Crippen molar-refractivity contribution in [2.24, 2.45) is 0 Å². The number of benzene rings is 1. The molecule has 2 aromatic heterocycles. The van der Waals surface area contributed by atoms with E-state index in [0.717, 1.165) is 24.8 Å². The Labute approximate surface area is 155 Å². The summed E-state index contributed by atoms with van der Waals surface area (Å²) in [4.78, 5) is 31.5. The lowest BCUT2D eigenvalue weighted by molar-refractivity contribution is 0.0651. The van der Waals surface area contributed by atoms with Crippen molar-refractivity contribution in [2.75, 3.05) is 6.54 Å². The normalized spacial score (nSPS) is 13.3. The number of hydrogen-bond acceptors (Lipinski definition) is 6. The number of aryl methyl sites for hydroxylation is 1. The second kappa shape index (κ2) is 7.45. The van der Waals surface area contributed by atoms with Gasteiger partial charge in [0.05, 0.1) is 17.7 Å². The van der Waals surface area contributed by atoms with Crippen molar-refractivity contribution in [2.45, 2.75) is 25.8 Å². The minimum absolute atomic E-state index is 0.199. The molecule has 3 aromatic rings. The molecule has 1 aliphatic heterocycles. The fraction of sp³-hybridized carbons (Fsp3) is 0.263. The highest BCUT2D eigenvalue weighted by atomic mass is 16.2. The van der Waals surface area contributed by atoms with Gasteiger partial charge in [0.1, 0.15) is 0 Å². The van der Waals surface area contributed by atoms with Crippen LogP contribution in [0.25, 0.3) is 11.4 Å². The van der Waals surface area contributed by atoms with Crippen molar-refractivity contribution in [3.63, 3.8) is 0 Å². The highest BCUT2D eigenvalue weighted by molar-refractivity contribution is 6.21. The van der Waals surface area contributed by atoms with Gasteiger partial charge in [0.2, 0.25) is 5.82 Å². The lowest BCUT2D eigenvalue weighted by Gasteiger charge is -2.13. The topological polar surface area (TPSA) is 93.9 Å². The van der Waals surface area contributed by atoms with E-state index < -0.39 is 0 Å². The van der Waals surface area contributed by atoms with Crippen LogP contribution in [0.15, 0.2) is 48.8 Å². The molecule has 1 aromatic carbocycles. The maximum absolute atomic E-state index is 12.3. The van der Waals surface area contributed by atoms with Crippen molar-refractivity contribution < 1.29 is 9.59 Å². The molecule has 0 bridgehead atoms. The number of pyridine rings is 1. The summed E-state index contributed by atoms with van der Waals surface area (Å²) in [7, 11) is 0. The Hall–Kier alpha value is -3.42. The van der Waals surface area contributed by atoms with E-state index in [9.17, 15) is 9.59 Å². The first kappa shape index (κ1) is 17.0. The molecule has 1 aliphatic rings. The lowest BCUT2D eigenvalue weighted by Crippen LogP contribution is -2.30. The van der Waals surface area contributed by atoms with Gasteiger partial charge in [0.25, 0.3) is 11.8 Å². The van der Waals surface area contributed by atoms with Gasteiger partial charge in [-0.15, -0.1) is 10.2 Å². The number of fused-ring (bicyclic) bond motifs is 1. The highest BCUT2D eigenvalue weighted by Crippen LogP contribution is 2.22. The zero-order chi connectivity index (χ0) is 18.6. The average Bonchev–Trinajstić information content (AvgIpc) is 3.27. The molecule has 0 saturated carbocycles. The molecule has 0 saturated heterocycles. The zero-order valence-electron chi connectivity index (χ0n) is 14.7. The first-order valence-corrected chi connectivity index (χ1v) is 8.87. The summed E-state index contributed by atoms with van der Waals surface area (Å²) < 4.78 is 0. The summed E-state index contributed by atoms with van der Waals surface area (Å²) in [6.45, 7) is 1.07. The first-order chi connectivity index (χ1) is 13.2. The van der Waals surface area contributed by atoms with E-state index in [0.29, 0.717) is 30.0 Å². The molecular weight excluding hydrogens is 344 g/mol. The van der Waals surface area contributed by atoms with Gasteiger partial charge in [0, 0.05) is 24.5 Å². The van der Waals surface area contributed by atoms with E-state index >= 15 is 0 Å². The van der Waals surface area contributed by atoms with Crippen LogP contribution in [0.4, 0.5) is 0 Å². The third kappa shape index (κ3) is 3.46. The summed E-state index contributed by atoms with van der Waals surface area (Å²) in [5.74, 6) is 0.175. The van der Waals surface area contributed by atoms with Gasteiger partial charge >= 0.3 is 0 Å². The van der Waals surface area contributed by atoms with Crippen LogP contribution in [0.2, 0.25) is 0 Å². The van der Waals surface area contributed by atoms with E-state index in [1.807, 2.05) is 12.1 Å². The molecule has 136 valence electrons. The van der Waals surface area contributed by atoms with Gasteiger partial charge in [-0.2, -0.15) is 4.80 Å². The third-order valence-electron chi connectivity index (χ3n) is 4.51. The third-order valence-corrected chi connectivity index (χ3v) is 4.51. The lowest BCUT2D eigenvalue weighted by atomic mass is 10.1. The number of rotatable bonds is 7. The monoisotopic (exact) mass is 362 g/mol. The molecule has 8 nitrogen and oxygen atoms in total. The Morgan fingerprint density at radius 2 is 1.48 bits per heavy atom. The number of nitrogens with zero attached hydrogens (tertiary/aromatic N) is 6. The van der Waals surface area contributed by atoms with Crippen molar-refractivity contribution in [1.82, 2.24) is 30.1 Å². The van der Waals surface area contributed by atoms with Gasteiger partial charge in [-0.05, 0) is 48.7 Å². The number of carbonyl (C=O) groups excluding carboxylic acids is 2. The summed E-state index contributed by atoms with van der Waals surface area (Å²) in [5, 5.41) is 12.5. The number of amides is 2. The van der Waals surface area contributed by atoms with Crippen LogP contribution in [0.3, 0.4) is 0 Å². The predicted octanol–water partition coefficient (Wildman–Crippen LogP) is 2.20. The minimum atomic E-state index is -0.199. The number of unbranched alkanes of at least 4 members (excludes halogenated alkanes) is 2. The van der Waals surface area contributed by atoms with Crippen LogP contribution in [0, 0.1) is 0 Å². The first-order valence-electron chi connectivity index (χ1n) is 8.87. The quantitative estimate of drug-likeness (QED) is 0.472. The summed E-state index contributed by atoms with van der Waals surface area (Å²) in [6, 6.07) is 10.6. The van der Waals surface area contributed by atoms with Crippen LogP contribution >= 0.6 is 0 Å². The van der Waals surface area contributed by atoms with Crippen LogP contribution in [0.5, 0.6) is 0 Å². The maximum atomic E-state index is 12.3. The molecule has 27 heavy (non-hydrogen) atoms. The van der Waals surface area contributed by atoms with E-state index in [-0.39, 0.29) is 11.8 Å². The molecular formula is C19H18N6O2. The molecule has 0 aliphatic carbocycles. The van der Waals surface area contributed by atoms with Crippen LogP contribution in [-0.2, 0) is 6.54 Å². The van der Waals surface area contributed by atoms with Gasteiger partial charge < -0.3 is 0 Å². The Morgan fingerprint density at radius 1 is 0.815 bits per heavy atom. The largest absolute Gasteiger partial charge is 0.274 e. The molecule has 0 unspecified atom stereocenters. The summed E-state index contributed by atoms with van der Waals surface area (Å²) >= 11 is 0. The number of aromatic nitrogens is 5. The second-order valence-electron chi connectivity index (χ2n) is 6.31. The van der Waals surface area contributed by atoms with Crippen LogP contribution in [-0.4, -0.2) is 48.5 Å². The van der Waals surface area contributed by atoms with Crippen LogP contribution in [0.1, 0.15) is 40.0 Å². The molecule has 3 heterocycles. The van der Waals surface area contributed by atoms with Crippen molar-refractivity contribution in [3.8, 4) is 11.4 Å². The standard InChI is InChI=1S/C19H18N6O2/c26-18-15-6-2-3-7-16(15)19(27)24(18)12-4-1-5-13-25-22-17(21-23-25)14-8-10-20-11-9-14/h2-3,6-11H,1,4-5,12-13H2. The van der Waals surface area contributed by atoms with Crippen molar-refractivity contribution in [1.29, 1.82) is 0 Å². The van der Waals surface area contributed by atoms with Crippen LogP contribution < -0.4 is 0 Å². The molecule has 2 amide bonds. The van der Waals surface area contributed by atoms with E-state index in [1.54, 1.807) is 41.5 Å². The van der Waals surface area contributed by atoms with Gasteiger partial charge in [-0.25, -0.2) is 0 Å². The highest BCUT2D eigenvalue weighted by Gasteiger charge is 2.34. The smallest absolute Gasteiger partial charge is 0.261 e. The van der Waals surface area contributed by atoms with E-state index in [2.05, 4.69) is 20.4 Å². The fourth-order valence-electron chi connectivity index (χ4n) is 3.10. The molecule has 0 N–H and O–H groups in total. The SMILES string of the molecule is O=C1c2ccccc2C(=O)N1CCCCCn1nnc(-c2ccncc2)n1. The molecule has 0 atom stereocenters. The number of carbonyl (C=O) groups is 2. The fourth-order valence-corrected chi connectivity index (χ4v) is 3.10. The van der Waals surface area contributed by atoms with E-state index in [4.69, 9.17) is 0 Å². The number of imide groups is 1. The van der Waals surface area contributed by atoms with Gasteiger partial charge in [-0.1, -0.05) is 12.1 Å². The Morgan fingerprint density at radius 3 is 2.19 bits per heavy atom. The van der Waals surface area contributed by atoms with Crippen molar-refractivity contribution in [3.05, 3.63) is 59.9 Å². The van der Waals surface area contributed by atoms with Gasteiger partial charge in [-0.3, -0.25) is 19.5 Å². The molecule has 8 heteroatoms.